The Hall–Kier alpha value is -1.22. The second-order valence-corrected chi connectivity index (χ2v) is 4.18. The molecular formula is C12H14ClNO2. The van der Waals surface area contributed by atoms with Crippen molar-refractivity contribution < 1.29 is 9.53 Å². The van der Waals surface area contributed by atoms with Crippen LogP contribution in [0.5, 0.6) is 0 Å². The monoisotopic (exact) mass is 239 g/mol. The minimum Gasteiger partial charge on any atom is -0.444 e. The highest BCUT2D eigenvalue weighted by atomic mass is 35.5. The Morgan fingerprint density at radius 2 is 2.06 bits per heavy atom. The van der Waals surface area contributed by atoms with Crippen LogP contribution in [0.2, 0.25) is 0 Å². The molecule has 4 heteroatoms. The van der Waals surface area contributed by atoms with Crippen LogP contribution in [0.4, 0.5) is 4.79 Å². The van der Waals surface area contributed by atoms with Crippen LogP contribution >= 0.6 is 11.6 Å². The van der Waals surface area contributed by atoms with Crippen molar-refractivity contribution in [3.05, 3.63) is 35.9 Å². The summed E-state index contributed by atoms with van der Waals surface area (Å²) in [6, 6.07) is 10.1. The quantitative estimate of drug-likeness (QED) is 0.819. The van der Waals surface area contributed by atoms with Gasteiger partial charge in [-0.25, -0.2) is 4.79 Å². The first-order valence-corrected chi connectivity index (χ1v) is 5.90. The van der Waals surface area contributed by atoms with Gasteiger partial charge in [0.1, 0.15) is 6.10 Å². The Morgan fingerprint density at radius 3 is 2.75 bits per heavy atom. The van der Waals surface area contributed by atoms with Gasteiger partial charge in [0.15, 0.2) is 0 Å². The van der Waals surface area contributed by atoms with Gasteiger partial charge >= 0.3 is 6.09 Å². The fraction of sp³-hybridized carbons (Fsp3) is 0.417. The predicted octanol–water partition coefficient (Wildman–Crippen LogP) is 2.33. The van der Waals surface area contributed by atoms with Crippen LogP contribution in [0, 0.1) is 0 Å². The second-order valence-electron chi connectivity index (χ2n) is 3.87. The van der Waals surface area contributed by atoms with E-state index in [1.807, 2.05) is 18.2 Å². The summed E-state index contributed by atoms with van der Waals surface area (Å²) in [7, 11) is 0. The lowest BCUT2D eigenvalue weighted by molar-refractivity contribution is 0.128. The first-order chi connectivity index (χ1) is 7.79. The maximum Gasteiger partial charge on any atom is 0.407 e. The van der Waals surface area contributed by atoms with E-state index in [9.17, 15) is 4.79 Å². The standard InChI is InChI=1S/C12H14ClNO2/c13-8-10-11(16-12(15)14-10)7-6-9-4-2-1-3-5-9/h1-5,10-11H,6-8H2,(H,14,15)/t10-,11-/m1/s1. The van der Waals surface area contributed by atoms with E-state index in [1.54, 1.807) is 0 Å². The van der Waals surface area contributed by atoms with Crippen molar-refractivity contribution >= 4 is 17.7 Å². The Kier molecular flexibility index (Phi) is 3.67. The Bertz CT molecular complexity index is 355. The molecule has 1 fully saturated rings. The van der Waals surface area contributed by atoms with Crippen LogP contribution in [0.15, 0.2) is 30.3 Å². The van der Waals surface area contributed by atoms with Gasteiger partial charge in [-0.1, -0.05) is 30.3 Å². The largest absolute Gasteiger partial charge is 0.444 e. The van der Waals surface area contributed by atoms with Gasteiger partial charge in [0.05, 0.1) is 6.04 Å². The molecule has 3 nitrogen and oxygen atoms in total. The highest BCUT2D eigenvalue weighted by Crippen LogP contribution is 2.16. The molecule has 1 N–H and O–H groups in total. The van der Waals surface area contributed by atoms with Crippen LogP contribution in [-0.4, -0.2) is 24.1 Å². The number of hydrogen-bond donors (Lipinski definition) is 1. The molecule has 2 atom stereocenters. The Morgan fingerprint density at radius 1 is 1.31 bits per heavy atom. The van der Waals surface area contributed by atoms with E-state index in [0.29, 0.717) is 5.88 Å². The third kappa shape index (κ3) is 2.67. The number of amides is 1. The Labute approximate surface area is 99.7 Å². The number of halogens is 1. The SMILES string of the molecule is O=C1N[C@H](CCl)[C@@H](CCc2ccccc2)O1. The summed E-state index contributed by atoms with van der Waals surface area (Å²) < 4.78 is 5.15. The van der Waals surface area contributed by atoms with Gasteiger partial charge in [0.25, 0.3) is 0 Å². The molecule has 2 rings (SSSR count). The molecule has 1 heterocycles. The molecule has 0 radical (unpaired) electrons. The normalized spacial score (nSPS) is 23.9. The van der Waals surface area contributed by atoms with Crippen molar-refractivity contribution in [3.63, 3.8) is 0 Å². The lowest BCUT2D eigenvalue weighted by atomic mass is 10.0. The number of carbonyl (C=O) groups excluding carboxylic acids is 1. The molecule has 0 unspecified atom stereocenters. The van der Waals surface area contributed by atoms with Gasteiger partial charge in [0.2, 0.25) is 0 Å². The average molecular weight is 240 g/mol. The van der Waals surface area contributed by atoms with E-state index >= 15 is 0 Å². The van der Waals surface area contributed by atoms with Crippen molar-refractivity contribution in [1.82, 2.24) is 5.32 Å². The minimum atomic E-state index is -0.358. The molecular weight excluding hydrogens is 226 g/mol. The number of cyclic esters (lactones) is 1. The first-order valence-electron chi connectivity index (χ1n) is 5.36. The van der Waals surface area contributed by atoms with Crippen LogP contribution in [0.3, 0.4) is 0 Å². The molecule has 0 aromatic heterocycles. The molecule has 1 aliphatic rings. The lowest BCUT2D eigenvalue weighted by Gasteiger charge is -2.13. The molecule has 1 amide bonds. The molecule has 0 saturated carbocycles. The summed E-state index contributed by atoms with van der Waals surface area (Å²) >= 11 is 5.75. The van der Waals surface area contributed by atoms with E-state index in [1.165, 1.54) is 5.56 Å². The van der Waals surface area contributed by atoms with E-state index in [4.69, 9.17) is 16.3 Å². The average Bonchev–Trinajstić information content (AvgIpc) is 2.68. The number of benzene rings is 1. The first kappa shape index (κ1) is 11.3. The summed E-state index contributed by atoms with van der Waals surface area (Å²) in [4.78, 5) is 11.0. The number of aryl methyl sites for hydroxylation is 1. The number of hydrogen-bond acceptors (Lipinski definition) is 2. The smallest absolute Gasteiger partial charge is 0.407 e. The molecule has 1 aromatic carbocycles. The number of rotatable bonds is 4. The van der Waals surface area contributed by atoms with Gasteiger partial charge in [0, 0.05) is 5.88 Å². The van der Waals surface area contributed by atoms with E-state index in [0.717, 1.165) is 12.8 Å². The molecule has 1 aliphatic heterocycles. The maximum absolute atomic E-state index is 11.0. The molecule has 86 valence electrons. The summed E-state index contributed by atoms with van der Waals surface area (Å²) in [6.07, 6.45) is 1.24. The maximum atomic E-state index is 11.0. The Balaban J connectivity index is 1.88. The molecule has 0 bridgehead atoms. The lowest BCUT2D eigenvalue weighted by Crippen LogP contribution is -2.33. The van der Waals surface area contributed by atoms with Crippen LogP contribution in [0.25, 0.3) is 0 Å². The zero-order chi connectivity index (χ0) is 11.4. The zero-order valence-corrected chi connectivity index (χ0v) is 9.61. The van der Waals surface area contributed by atoms with E-state index in [-0.39, 0.29) is 18.2 Å². The second kappa shape index (κ2) is 5.21. The highest BCUT2D eigenvalue weighted by molar-refractivity contribution is 6.18. The summed E-state index contributed by atoms with van der Waals surface area (Å²) in [5.74, 6) is 0.394. The van der Waals surface area contributed by atoms with Crippen LogP contribution < -0.4 is 5.32 Å². The van der Waals surface area contributed by atoms with Gasteiger partial charge in [-0.15, -0.1) is 11.6 Å². The fourth-order valence-electron chi connectivity index (χ4n) is 1.85. The summed E-state index contributed by atoms with van der Waals surface area (Å²) in [6.45, 7) is 0. The van der Waals surface area contributed by atoms with Crippen molar-refractivity contribution in [3.8, 4) is 0 Å². The van der Waals surface area contributed by atoms with Crippen molar-refractivity contribution in [2.75, 3.05) is 5.88 Å². The fourth-order valence-corrected chi connectivity index (χ4v) is 2.13. The van der Waals surface area contributed by atoms with Gasteiger partial charge < -0.3 is 10.1 Å². The molecule has 0 aliphatic carbocycles. The topological polar surface area (TPSA) is 38.3 Å². The molecule has 1 aromatic rings. The van der Waals surface area contributed by atoms with Crippen LogP contribution in [-0.2, 0) is 11.2 Å². The van der Waals surface area contributed by atoms with Gasteiger partial charge in [-0.3, -0.25) is 0 Å². The minimum absolute atomic E-state index is 0.0575. The molecule has 1 saturated heterocycles. The zero-order valence-electron chi connectivity index (χ0n) is 8.86. The summed E-state index contributed by atoms with van der Waals surface area (Å²) in [5, 5.41) is 2.70. The number of carbonyl (C=O) groups is 1. The third-order valence-electron chi connectivity index (χ3n) is 2.74. The number of alkyl halides is 1. The van der Waals surface area contributed by atoms with Gasteiger partial charge in [-0.2, -0.15) is 0 Å². The van der Waals surface area contributed by atoms with Crippen molar-refractivity contribution in [2.45, 2.75) is 25.0 Å². The summed E-state index contributed by atoms with van der Waals surface area (Å²) in [5.41, 5.74) is 1.25. The van der Waals surface area contributed by atoms with Crippen molar-refractivity contribution in [2.24, 2.45) is 0 Å². The number of nitrogens with one attached hydrogen (secondary N) is 1. The van der Waals surface area contributed by atoms with Crippen molar-refractivity contribution in [1.29, 1.82) is 0 Å². The molecule has 16 heavy (non-hydrogen) atoms. The molecule has 0 spiro atoms. The van der Waals surface area contributed by atoms with Gasteiger partial charge in [-0.05, 0) is 18.4 Å². The number of alkyl carbamates (subject to hydrolysis) is 1. The van der Waals surface area contributed by atoms with E-state index < -0.39 is 0 Å². The van der Waals surface area contributed by atoms with E-state index in [2.05, 4.69) is 17.4 Å². The highest BCUT2D eigenvalue weighted by Gasteiger charge is 2.32. The number of ether oxygens (including phenoxy) is 1. The predicted molar refractivity (Wildman–Crippen MR) is 62.7 cm³/mol. The third-order valence-corrected chi connectivity index (χ3v) is 3.07. The van der Waals surface area contributed by atoms with Crippen LogP contribution in [0.1, 0.15) is 12.0 Å².